The van der Waals surface area contributed by atoms with Crippen molar-refractivity contribution >= 4 is 17.2 Å². The second-order valence-electron chi connectivity index (χ2n) is 6.00. The largest absolute Gasteiger partial charge is 0.391 e. The Hall–Kier alpha value is -0.950. The zero-order valence-electron chi connectivity index (χ0n) is 12.8. The van der Waals surface area contributed by atoms with Gasteiger partial charge in [0.2, 0.25) is 5.91 Å². The van der Waals surface area contributed by atoms with Crippen LogP contribution in [0.25, 0.3) is 0 Å². The Morgan fingerprint density at radius 2 is 2.05 bits per heavy atom. The maximum absolute atomic E-state index is 12.4. The van der Waals surface area contributed by atoms with Gasteiger partial charge in [0.25, 0.3) is 0 Å². The Bertz CT molecular complexity index is 474. The number of aliphatic hydroxyl groups excluding tert-OH is 1. The number of carbonyl (C=O) groups excluding carboxylic acids is 1. The Labute approximate surface area is 135 Å². The lowest BCUT2D eigenvalue weighted by molar-refractivity contribution is -0.130. The van der Waals surface area contributed by atoms with Gasteiger partial charge in [0.15, 0.2) is 0 Å². The number of carbonyl (C=O) groups is 1. The van der Waals surface area contributed by atoms with Crippen molar-refractivity contribution in [2.45, 2.75) is 31.4 Å². The Morgan fingerprint density at radius 1 is 1.27 bits per heavy atom. The quantitative estimate of drug-likeness (QED) is 0.900. The fourth-order valence-corrected chi connectivity index (χ4v) is 4.03. The molecule has 0 bridgehead atoms. The first-order valence-corrected chi connectivity index (χ1v) is 8.92. The molecule has 0 aliphatic carbocycles. The van der Waals surface area contributed by atoms with Gasteiger partial charge in [0, 0.05) is 37.1 Å². The number of hydrogen-bond acceptors (Lipinski definition) is 5. The second-order valence-corrected chi connectivity index (χ2v) is 7.03. The van der Waals surface area contributed by atoms with Crippen LogP contribution in [0.15, 0.2) is 17.5 Å². The fraction of sp³-hybridized carbons (Fsp3) is 0.688. The van der Waals surface area contributed by atoms with Gasteiger partial charge in [-0.3, -0.25) is 9.69 Å². The van der Waals surface area contributed by atoms with Crippen molar-refractivity contribution in [3.05, 3.63) is 22.4 Å². The summed E-state index contributed by atoms with van der Waals surface area (Å²) in [6.07, 6.45) is 1.64. The van der Waals surface area contributed by atoms with E-state index in [-0.39, 0.29) is 18.1 Å². The molecule has 1 aromatic heterocycles. The predicted octanol–water partition coefficient (Wildman–Crippen LogP) is 0.975. The number of hydrogen-bond donors (Lipinski definition) is 1. The van der Waals surface area contributed by atoms with Crippen LogP contribution < -0.4 is 0 Å². The third kappa shape index (κ3) is 3.87. The maximum Gasteiger partial charge on any atom is 0.227 e. The highest BCUT2D eigenvalue weighted by atomic mass is 32.1. The molecule has 0 saturated carbocycles. The van der Waals surface area contributed by atoms with Gasteiger partial charge < -0.3 is 14.7 Å². The zero-order valence-corrected chi connectivity index (χ0v) is 13.6. The maximum atomic E-state index is 12.4. The van der Waals surface area contributed by atoms with Crippen LogP contribution in [-0.2, 0) is 16.0 Å². The Kier molecular flexibility index (Phi) is 5.46. The van der Waals surface area contributed by atoms with Crippen molar-refractivity contribution in [3.63, 3.8) is 0 Å². The highest BCUT2D eigenvalue weighted by Gasteiger charge is 2.31. The lowest BCUT2D eigenvalue weighted by Gasteiger charge is -2.36. The molecular formula is C16H24N2O3S. The van der Waals surface area contributed by atoms with Crippen molar-refractivity contribution in [2.24, 2.45) is 0 Å². The molecule has 2 saturated heterocycles. The molecule has 2 fully saturated rings. The molecule has 3 heterocycles. The molecule has 22 heavy (non-hydrogen) atoms. The summed E-state index contributed by atoms with van der Waals surface area (Å²) in [6.45, 7) is 4.64. The number of thiophene rings is 1. The molecule has 0 spiro atoms. The number of ether oxygens (including phenoxy) is 1. The molecule has 0 radical (unpaired) electrons. The van der Waals surface area contributed by atoms with Gasteiger partial charge in [0.05, 0.1) is 25.7 Å². The van der Waals surface area contributed by atoms with E-state index in [4.69, 9.17) is 4.74 Å². The highest BCUT2D eigenvalue weighted by Crippen LogP contribution is 2.20. The second kappa shape index (κ2) is 7.55. The summed E-state index contributed by atoms with van der Waals surface area (Å²) in [7, 11) is 0. The first-order chi connectivity index (χ1) is 10.7. The van der Waals surface area contributed by atoms with Crippen LogP contribution >= 0.6 is 11.3 Å². The summed E-state index contributed by atoms with van der Waals surface area (Å²) in [5.41, 5.74) is 0. The van der Waals surface area contributed by atoms with E-state index in [1.807, 2.05) is 22.4 Å². The average molecular weight is 324 g/mol. The topological polar surface area (TPSA) is 53.0 Å². The first kappa shape index (κ1) is 15.9. The fourth-order valence-electron chi connectivity index (χ4n) is 3.33. The van der Waals surface area contributed by atoms with Crippen LogP contribution in [0.5, 0.6) is 0 Å². The zero-order chi connectivity index (χ0) is 15.4. The summed E-state index contributed by atoms with van der Waals surface area (Å²) in [6, 6.07) is 4.14. The van der Waals surface area contributed by atoms with Crippen molar-refractivity contribution in [3.8, 4) is 0 Å². The monoisotopic (exact) mass is 324 g/mol. The molecule has 1 N–H and O–H groups in total. The molecule has 5 nitrogen and oxygen atoms in total. The minimum Gasteiger partial charge on any atom is -0.391 e. The molecule has 1 aromatic rings. The van der Waals surface area contributed by atoms with Gasteiger partial charge in [-0.25, -0.2) is 0 Å². The molecule has 0 unspecified atom stereocenters. The van der Waals surface area contributed by atoms with Crippen molar-refractivity contribution in [1.82, 2.24) is 9.80 Å². The standard InChI is InChI=1S/C16H24N2O3S/c19-15-4-6-18(16(20)12-13-2-1-11-22-13)5-3-14(15)17-7-9-21-10-8-17/h1-2,11,14-15,19H,3-10,12H2/t14-,15-/m0/s1. The van der Waals surface area contributed by atoms with Crippen LogP contribution in [0.4, 0.5) is 0 Å². The molecule has 2 atom stereocenters. The third-order valence-electron chi connectivity index (χ3n) is 4.61. The number of nitrogens with zero attached hydrogens (tertiary/aromatic N) is 2. The van der Waals surface area contributed by atoms with Gasteiger partial charge >= 0.3 is 0 Å². The SMILES string of the molecule is O=C(Cc1cccs1)N1CC[C@H](O)[C@@H](N2CCOCC2)CC1. The Balaban J connectivity index is 1.57. The number of aliphatic hydroxyl groups is 1. The molecule has 2 aliphatic heterocycles. The van der Waals surface area contributed by atoms with E-state index < -0.39 is 0 Å². The van der Waals surface area contributed by atoms with Gasteiger partial charge in [0.1, 0.15) is 0 Å². The number of morpholine rings is 1. The van der Waals surface area contributed by atoms with Crippen LogP contribution in [0, 0.1) is 0 Å². The van der Waals surface area contributed by atoms with E-state index in [1.54, 1.807) is 11.3 Å². The predicted molar refractivity (Wildman–Crippen MR) is 86.0 cm³/mol. The van der Waals surface area contributed by atoms with Gasteiger partial charge in [-0.05, 0) is 24.3 Å². The van der Waals surface area contributed by atoms with E-state index in [0.717, 1.165) is 44.1 Å². The number of amides is 1. The first-order valence-electron chi connectivity index (χ1n) is 8.04. The summed E-state index contributed by atoms with van der Waals surface area (Å²) in [5.74, 6) is 0.178. The van der Waals surface area contributed by atoms with Gasteiger partial charge in [-0.2, -0.15) is 0 Å². The van der Waals surface area contributed by atoms with Crippen molar-refractivity contribution < 1.29 is 14.6 Å². The van der Waals surface area contributed by atoms with Crippen LogP contribution in [0.2, 0.25) is 0 Å². The molecule has 0 aromatic carbocycles. The van der Waals surface area contributed by atoms with Crippen molar-refractivity contribution in [1.29, 1.82) is 0 Å². The minimum atomic E-state index is -0.349. The number of rotatable bonds is 3. The normalized spacial score (nSPS) is 27.6. The summed E-state index contributed by atoms with van der Waals surface area (Å²) < 4.78 is 5.39. The van der Waals surface area contributed by atoms with E-state index in [1.165, 1.54) is 0 Å². The average Bonchev–Trinajstić information content (AvgIpc) is 2.96. The number of likely N-dealkylation sites (tertiary alicyclic amines) is 1. The lowest BCUT2D eigenvalue weighted by atomic mass is 10.0. The Morgan fingerprint density at radius 3 is 2.77 bits per heavy atom. The van der Waals surface area contributed by atoms with E-state index in [0.29, 0.717) is 19.4 Å². The summed E-state index contributed by atoms with van der Waals surface area (Å²) in [4.78, 5) is 17.8. The third-order valence-corrected chi connectivity index (χ3v) is 5.48. The molecular weight excluding hydrogens is 300 g/mol. The highest BCUT2D eigenvalue weighted by molar-refractivity contribution is 7.10. The van der Waals surface area contributed by atoms with Gasteiger partial charge in [-0.1, -0.05) is 6.07 Å². The smallest absolute Gasteiger partial charge is 0.227 e. The lowest BCUT2D eigenvalue weighted by Crippen LogP contribution is -2.49. The van der Waals surface area contributed by atoms with Gasteiger partial charge in [-0.15, -0.1) is 11.3 Å². The van der Waals surface area contributed by atoms with E-state index >= 15 is 0 Å². The molecule has 6 heteroatoms. The van der Waals surface area contributed by atoms with Crippen molar-refractivity contribution in [2.75, 3.05) is 39.4 Å². The van der Waals surface area contributed by atoms with E-state index in [2.05, 4.69) is 4.90 Å². The molecule has 3 rings (SSSR count). The summed E-state index contributed by atoms with van der Waals surface area (Å²) in [5, 5.41) is 12.4. The minimum absolute atomic E-state index is 0.156. The molecule has 1 amide bonds. The summed E-state index contributed by atoms with van der Waals surface area (Å²) >= 11 is 1.63. The van der Waals surface area contributed by atoms with Crippen LogP contribution in [-0.4, -0.2) is 72.4 Å². The van der Waals surface area contributed by atoms with E-state index in [9.17, 15) is 9.90 Å². The van der Waals surface area contributed by atoms with Crippen LogP contribution in [0.3, 0.4) is 0 Å². The van der Waals surface area contributed by atoms with Crippen LogP contribution in [0.1, 0.15) is 17.7 Å². The molecule has 2 aliphatic rings. The molecule has 122 valence electrons.